The van der Waals surface area contributed by atoms with Crippen LogP contribution in [0.1, 0.15) is 18.6 Å². The number of amides is 1. The van der Waals surface area contributed by atoms with Gasteiger partial charge >= 0.3 is 0 Å². The Bertz CT molecular complexity index is 261. The predicted molar refractivity (Wildman–Crippen MR) is 58.6 cm³/mol. The molecule has 0 saturated carbocycles. The zero-order valence-corrected chi connectivity index (χ0v) is 9.54. The molecule has 5 heteroatoms. The molecule has 2 N–H and O–H groups in total. The second-order valence-electron chi connectivity index (χ2n) is 2.90. The van der Waals surface area contributed by atoms with E-state index >= 15 is 0 Å². The summed E-state index contributed by atoms with van der Waals surface area (Å²) >= 11 is 0. The van der Waals surface area contributed by atoms with E-state index in [0.717, 1.165) is 12.2 Å². The second-order valence-corrected chi connectivity index (χ2v) is 2.90. The molecule has 15 heavy (non-hydrogen) atoms. The van der Waals surface area contributed by atoms with Crippen molar-refractivity contribution in [2.24, 2.45) is 0 Å². The molecule has 0 fully saturated rings. The lowest BCUT2D eigenvalue weighted by Crippen LogP contribution is -2.14. The smallest absolute Gasteiger partial charge is 0.207 e. The van der Waals surface area contributed by atoms with Crippen LogP contribution in [0.2, 0.25) is 0 Å². The van der Waals surface area contributed by atoms with Gasteiger partial charge in [-0.2, -0.15) is 0 Å². The Kier molecular flexibility index (Phi) is 8.37. The lowest BCUT2D eigenvalue weighted by molar-refractivity contribution is -0.109. The highest BCUT2D eigenvalue weighted by Crippen LogP contribution is 2.03. The molecule has 0 unspecified atom stereocenters. The third kappa shape index (κ3) is 6.68. The van der Waals surface area contributed by atoms with Crippen LogP contribution in [0.25, 0.3) is 0 Å². The van der Waals surface area contributed by atoms with Crippen molar-refractivity contribution >= 4 is 6.41 Å². The Labute approximate surface area is 90.3 Å². The van der Waals surface area contributed by atoms with Gasteiger partial charge < -0.3 is 15.1 Å². The zero-order chi connectivity index (χ0) is 11.5. The molecule has 0 aromatic carbocycles. The molecule has 0 aliphatic rings. The highest BCUT2D eigenvalue weighted by atomic mass is 16.4. The Hall–Kier alpha value is -1.36. The van der Waals surface area contributed by atoms with E-state index in [1.807, 2.05) is 21.0 Å². The normalized spacial score (nSPS) is 9.00. The van der Waals surface area contributed by atoms with Crippen LogP contribution in [0, 0.1) is 0 Å². The standard InChI is InChI=1S/C8H12N2O2.C2H7N/c1-2-7-5-10-8(12-7)3-4-9-6-11;1-3-2/h5-6H,2-4H2,1H3,(H,9,11);3H,1-2H3. The molecule has 1 amide bonds. The van der Waals surface area contributed by atoms with Crippen LogP contribution >= 0.6 is 0 Å². The molecule has 1 rings (SSSR count). The maximum atomic E-state index is 9.89. The van der Waals surface area contributed by atoms with Gasteiger partial charge in [0.2, 0.25) is 6.41 Å². The molecule has 0 spiro atoms. The van der Waals surface area contributed by atoms with E-state index in [0.29, 0.717) is 25.3 Å². The van der Waals surface area contributed by atoms with E-state index < -0.39 is 0 Å². The zero-order valence-electron chi connectivity index (χ0n) is 9.54. The third-order valence-corrected chi connectivity index (χ3v) is 1.52. The van der Waals surface area contributed by atoms with Crippen molar-refractivity contribution < 1.29 is 9.21 Å². The molecular formula is C10H19N3O2. The first-order valence-electron chi connectivity index (χ1n) is 4.97. The topological polar surface area (TPSA) is 67.2 Å². The van der Waals surface area contributed by atoms with E-state index in [1.165, 1.54) is 0 Å². The lowest BCUT2D eigenvalue weighted by atomic mass is 10.4. The van der Waals surface area contributed by atoms with Crippen molar-refractivity contribution in [1.82, 2.24) is 15.6 Å². The number of nitrogens with zero attached hydrogens (tertiary/aromatic N) is 1. The van der Waals surface area contributed by atoms with Crippen LogP contribution in [-0.2, 0) is 17.6 Å². The Morgan fingerprint density at radius 3 is 2.67 bits per heavy atom. The Morgan fingerprint density at radius 2 is 2.20 bits per heavy atom. The van der Waals surface area contributed by atoms with E-state index in [-0.39, 0.29) is 0 Å². The van der Waals surface area contributed by atoms with Crippen LogP contribution < -0.4 is 10.6 Å². The van der Waals surface area contributed by atoms with Gasteiger partial charge in [0.05, 0.1) is 6.20 Å². The van der Waals surface area contributed by atoms with Crippen molar-refractivity contribution in [3.63, 3.8) is 0 Å². The molecule has 0 aliphatic carbocycles. The van der Waals surface area contributed by atoms with Crippen molar-refractivity contribution in [3.8, 4) is 0 Å². The minimum absolute atomic E-state index is 0.577. The van der Waals surface area contributed by atoms with E-state index in [4.69, 9.17) is 4.42 Å². The SMILES string of the molecule is CCc1cnc(CCNC=O)o1.CNC. The number of hydrogen-bond acceptors (Lipinski definition) is 4. The predicted octanol–water partition coefficient (Wildman–Crippen LogP) is 0.361. The van der Waals surface area contributed by atoms with E-state index in [1.54, 1.807) is 6.20 Å². The first-order chi connectivity index (χ1) is 7.28. The first kappa shape index (κ1) is 13.6. The molecule has 1 aromatic rings. The number of rotatable bonds is 5. The molecule has 0 atom stereocenters. The molecule has 0 bridgehead atoms. The number of carbonyl (C=O) groups excluding carboxylic acids is 1. The molecular weight excluding hydrogens is 194 g/mol. The number of aryl methyl sites for hydroxylation is 1. The van der Waals surface area contributed by atoms with Gasteiger partial charge in [-0.25, -0.2) is 4.98 Å². The highest BCUT2D eigenvalue weighted by molar-refractivity contribution is 5.45. The average molecular weight is 213 g/mol. The average Bonchev–Trinajstić information content (AvgIpc) is 2.67. The van der Waals surface area contributed by atoms with Crippen LogP contribution in [0.5, 0.6) is 0 Å². The summed E-state index contributed by atoms with van der Waals surface area (Å²) < 4.78 is 5.31. The van der Waals surface area contributed by atoms with Crippen molar-refractivity contribution in [3.05, 3.63) is 17.8 Å². The fraction of sp³-hybridized carbons (Fsp3) is 0.600. The number of nitrogens with one attached hydrogen (secondary N) is 2. The molecule has 1 heterocycles. The quantitative estimate of drug-likeness (QED) is 0.547. The van der Waals surface area contributed by atoms with Gasteiger partial charge in [0.25, 0.3) is 0 Å². The fourth-order valence-electron chi connectivity index (χ4n) is 0.865. The van der Waals surface area contributed by atoms with Gasteiger partial charge in [-0.05, 0) is 14.1 Å². The summed E-state index contributed by atoms with van der Waals surface area (Å²) in [7, 11) is 3.75. The largest absolute Gasteiger partial charge is 0.446 e. The van der Waals surface area contributed by atoms with Gasteiger partial charge in [-0.15, -0.1) is 0 Å². The summed E-state index contributed by atoms with van der Waals surface area (Å²) in [6.45, 7) is 2.58. The first-order valence-corrected chi connectivity index (χ1v) is 4.97. The maximum Gasteiger partial charge on any atom is 0.207 e. The summed E-state index contributed by atoms with van der Waals surface area (Å²) in [6, 6.07) is 0. The van der Waals surface area contributed by atoms with Gasteiger partial charge in [-0.1, -0.05) is 6.92 Å². The molecule has 0 radical (unpaired) electrons. The molecule has 5 nitrogen and oxygen atoms in total. The van der Waals surface area contributed by atoms with Crippen LogP contribution in [0.3, 0.4) is 0 Å². The Morgan fingerprint density at radius 1 is 1.53 bits per heavy atom. The molecule has 0 aliphatic heterocycles. The van der Waals surface area contributed by atoms with Crippen molar-refractivity contribution in [1.29, 1.82) is 0 Å². The summed E-state index contributed by atoms with van der Waals surface area (Å²) in [6.07, 6.45) is 3.90. The molecule has 86 valence electrons. The van der Waals surface area contributed by atoms with Gasteiger partial charge in [-0.3, -0.25) is 4.79 Å². The van der Waals surface area contributed by atoms with Crippen LogP contribution in [0.15, 0.2) is 10.6 Å². The summed E-state index contributed by atoms with van der Waals surface area (Å²) in [5, 5.41) is 5.29. The third-order valence-electron chi connectivity index (χ3n) is 1.52. The minimum atomic E-state index is 0.577. The van der Waals surface area contributed by atoms with Crippen molar-refractivity contribution in [2.45, 2.75) is 19.8 Å². The van der Waals surface area contributed by atoms with Gasteiger partial charge in [0.1, 0.15) is 5.76 Å². The summed E-state index contributed by atoms with van der Waals surface area (Å²) in [4.78, 5) is 13.9. The van der Waals surface area contributed by atoms with Crippen LogP contribution in [0.4, 0.5) is 0 Å². The second kappa shape index (κ2) is 9.21. The Balaban J connectivity index is 0.000000583. The summed E-state index contributed by atoms with van der Waals surface area (Å²) in [5.74, 6) is 1.57. The molecule has 1 aromatic heterocycles. The van der Waals surface area contributed by atoms with Gasteiger partial charge in [0, 0.05) is 19.4 Å². The van der Waals surface area contributed by atoms with E-state index in [9.17, 15) is 4.79 Å². The van der Waals surface area contributed by atoms with E-state index in [2.05, 4.69) is 15.6 Å². The summed E-state index contributed by atoms with van der Waals surface area (Å²) in [5.41, 5.74) is 0. The highest BCUT2D eigenvalue weighted by Gasteiger charge is 2.00. The van der Waals surface area contributed by atoms with Crippen LogP contribution in [-0.4, -0.2) is 32.0 Å². The molecule has 0 saturated heterocycles. The number of aromatic nitrogens is 1. The van der Waals surface area contributed by atoms with Crippen molar-refractivity contribution in [2.75, 3.05) is 20.6 Å². The number of hydrogen-bond donors (Lipinski definition) is 2. The lowest BCUT2D eigenvalue weighted by Gasteiger charge is -1.93. The fourth-order valence-corrected chi connectivity index (χ4v) is 0.865. The number of oxazole rings is 1. The monoisotopic (exact) mass is 213 g/mol. The minimum Gasteiger partial charge on any atom is -0.446 e. The van der Waals surface area contributed by atoms with Gasteiger partial charge in [0.15, 0.2) is 5.89 Å². The maximum absolute atomic E-state index is 9.89. The number of carbonyl (C=O) groups is 1.